The van der Waals surface area contributed by atoms with Gasteiger partial charge in [-0.1, -0.05) is 15.9 Å². The first-order valence-corrected chi connectivity index (χ1v) is 8.25. The molecule has 1 aromatic carbocycles. The van der Waals surface area contributed by atoms with Crippen molar-refractivity contribution >= 4 is 32.9 Å². The van der Waals surface area contributed by atoms with E-state index in [0.29, 0.717) is 10.9 Å². The minimum Gasteiger partial charge on any atom is -0.444 e. The van der Waals surface area contributed by atoms with Crippen LogP contribution in [0.4, 0.5) is 4.79 Å². The van der Waals surface area contributed by atoms with Crippen molar-refractivity contribution in [1.82, 2.24) is 14.5 Å². The van der Waals surface area contributed by atoms with Gasteiger partial charge in [0.25, 0.3) is 5.56 Å². The smallest absolute Gasteiger partial charge is 0.407 e. The molecule has 1 heterocycles. The first-order chi connectivity index (χ1) is 11.1. The standard InChI is InChI=1S/C16H20BrN3O4/c1-16(2,3)24-14(22)18-7-8-20-13(21)11-6-5-10(17)9-12(11)19(4)15(20)23/h5-6,9H,7-8H2,1-4H3,(H,18,22). The monoisotopic (exact) mass is 397 g/mol. The number of aryl methyl sites for hydroxylation is 1. The van der Waals surface area contributed by atoms with Crippen molar-refractivity contribution in [3.05, 3.63) is 43.5 Å². The third-order valence-corrected chi connectivity index (χ3v) is 3.81. The van der Waals surface area contributed by atoms with E-state index in [0.717, 1.165) is 9.04 Å². The molecule has 1 amide bonds. The summed E-state index contributed by atoms with van der Waals surface area (Å²) in [5, 5.41) is 2.98. The van der Waals surface area contributed by atoms with E-state index in [2.05, 4.69) is 21.2 Å². The van der Waals surface area contributed by atoms with Crippen molar-refractivity contribution < 1.29 is 9.53 Å². The predicted octanol–water partition coefficient (Wildman–Crippen LogP) is 1.99. The van der Waals surface area contributed by atoms with E-state index in [9.17, 15) is 14.4 Å². The molecule has 0 atom stereocenters. The van der Waals surface area contributed by atoms with Crippen LogP contribution in [0.15, 0.2) is 32.3 Å². The maximum atomic E-state index is 12.5. The van der Waals surface area contributed by atoms with Gasteiger partial charge in [0, 0.05) is 24.6 Å². The molecule has 0 unspecified atom stereocenters. The third-order valence-electron chi connectivity index (χ3n) is 3.32. The molecule has 7 nitrogen and oxygen atoms in total. The van der Waals surface area contributed by atoms with Gasteiger partial charge in [0.05, 0.1) is 10.9 Å². The summed E-state index contributed by atoms with van der Waals surface area (Å²) < 4.78 is 8.42. The number of carbonyl (C=O) groups is 1. The molecular formula is C16H20BrN3O4. The van der Waals surface area contributed by atoms with Crippen molar-refractivity contribution in [3.63, 3.8) is 0 Å². The Balaban J connectivity index is 2.24. The number of hydrogen-bond acceptors (Lipinski definition) is 4. The summed E-state index contributed by atoms with van der Waals surface area (Å²) in [5.41, 5.74) is -0.869. The SMILES string of the molecule is Cn1c(=O)n(CCNC(=O)OC(C)(C)C)c(=O)c2ccc(Br)cc21. The zero-order chi connectivity index (χ0) is 18.1. The number of halogens is 1. The summed E-state index contributed by atoms with van der Waals surface area (Å²) in [6.45, 7) is 5.46. The lowest BCUT2D eigenvalue weighted by molar-refractivity contribution is 0.0525. The summed E-state index contributed by atoms with van der Waals surface area (Å²) >= 11 is 3.33. The highest BCUT2D eigenvalue weighted by molar-refractivity contribution is 9.10. The second-order valence-electron chi connectivity index (χ2n) is 6.39. The highest BCUT2D eigenvalue weighted by Gasteiger charge is 2.16. The fourth-order valence-corrected chi connectivity index (χ4v) is 2.61. The molecule has 130 valence electrons. The van der Waals surface area contributed by atoms with Crippen LogP contribution in [0, 0.1) is 0 Å². The summed E-state index contributed by atoms with van der Waals surface area (Å²) in [6.07, 6.45) is -0.586. The van der Waals surface area contributed by atoms with Crippen LogP contribution in [0.5, 0.6) is 0 Å². The molecule has 1 N–H and O–H groups in total. The van der Waals surface area contributed by atoms with Crippen LogP contribution in [0.1, 0.15) is 20.8 Å². The topological polar surface area (TPSA) is 82.3 Å². The van der Waals surface area contributed by atoms with Crippen molar-refractivity contribution in [3.8, 4) is 0 Å². The molecule has 0 aliphatic carbocycles. The van der Waals surface area contributed by atoms with Gasteiger partial charge in [-0.3, -0.25) is 13.9 Å². The number of rotatable bonds is 3. The van der Waals surface area contributed by atoms with Crippen molar-refractivity contribution in [2.45, 2.75) is 32.9 Å². The number of nitrogens with one attached hydrogen (secondary N) is 1. The second-order valence-corrected chi connectivity index (χ2v) is 7.30. The number of amides is 1. The van der Waals surface area contributed by atoms with Crippen LogP contribution < -0.4 is 16.6 Å². The van der Waals surface area contributed by atoms with Crippen LogP contribution in [0.25, 0.3) is 10.9 Å². The molecule has 0 saturated heterocycles. The van der Waals surface area contributed by atoms with Crippen LogP contribution in [-0.4, -0.2) is 27.4 Å². The van der Waals surface area contributed by atoms with E-state index >= 15 is 0 Å². The lowest BCUT2D eigenvalue weighted by atomic mass is 10.2. The summed E-state index contributed by atoms with van der Waals surface area (Å²) in [6, 6.07) is 5.14. The largest absolute Gasteiger partial charge is 0.444 e. The average Bonchev–Trinajstić information content (AvgIpc) is 2.46. The Morgan fingerprint density at radius 3 is 2.58 bits per heavy atom. The summed E-state index contributed by atoms with van der Waals surface area (Å²) in [7, 11) is 1.61. The lowest BCUT2D eigenvalue weighted by Gasteiger charge is -2.19. The van der Waals surface area contributed by atoms with Gasteiger partial charge in [0.1, 0.15) is 5.60 Å². The molecule has 2 aromatic rings. The quantitative estimate of drug-likeness (QED) is 0.858. The van der Waals surface area contributed by atoms with Crippen molar-refractivity contribution in [2.24, 2.45) is 7.05 Å². The van der Waals surface area contributed by atoms with Crippen LogP contribution in [0.2, 0.25) is 0 Å². The van der Waals surface area contributed by atoms with E-state index in [4.69, 9.17) is 4.74 Å². The van der Waals surface area contributed by atoms with Gasteiger partial charge < -0.3 is 10.1 Å². The van der Waals surface area contributed by atoms with Gasteiger partial charge in [-0.2, -0.15) is 0 Å². The molecule has 24 heavy (non-hydrogen) atoms. The molecule has 0 saturated carbocycles. The molecule has 0 spiro atoms. The minimum atomic E-state index is -0.604. The molecule has 2 rings (SSSR count). The molecular weight excluding hydrogens is 378 g/mol. The number of alkyl carbamates (subject to hydrolysis) is 1. The normalized spacial score (nSPS) is 11.5. The van der Waals surface area contributed by atoms with Gasteiger partial charge in [-0.05, 0) is 39.0 Å². The lowest BCUT2D eigenvalue weighted by Crippen LogP contribution is -2.42. The van der Waals surface area contributed by atoms with Gasteiger partial charge >= 0.3 is 11.8 Å². The predicted molar refractivity (Wildman–Crippen MR) is 95.4 cm³/mol. The number of aromatic nitrogens is 2. The number of hydrogen-bond donors (Lipinski definition) is 1. The first-order valence-electron chi connectivity index (χ1n) is 7.46. The zero-order valence-corrected chi connectivity index (χ0v) is 15.6. The van der Waals surface area contributed by atoms with E-state index in [-0.39, 0.29) is 18.6 Å². The number of nitrogens with zero attached hydrogens (tertiary/aromatic N) is 2. The molecule has 0 bridgehead atoms. The average molecular weight is 398 g/mol. The van der Waals surface area contributed by atoms with Crippen LogP contribution in [-0.2, 0) is 18.3 Å². The minimum absolute atomic E-state index is 0.0662. The molecule has 1 aromatic heterocycles. The van der Waals surface area contributed by atoms with Gasteiger partial charge in [-0.25, -0.2) is 9.59 Å². The first kappa shape index (κ1) is 18.3. The Morgan fingerprint density at radius 2 is 1.96 bits per heavy atom. The zero-order valence-electron chi connectivity index (χ0n) is 14.1. The highest BCUT2D eigenvalue weighted by Crippen LogP contribution is 2.15. The Labute approximate surface area is 147 Å². The number of fused-ring (bicyclic) bond motifs is 1. The van der Waals surface area contributed by atoms with Crippen molar-refractivity contribution in [1.29, 1.82) is 0 Å². The summed E-state index contributed by atoms with van der Waals surface area (Å²) in [5.74, 6) is 0. The van der Waals surface area contributed by atoms with E-state index < -0.39 is 17.4 Å². The Morgan fingerprint density at radius 1 is 1.29 bits per heavy atom. The molecule has 8 heteroatoms. The van der Waals surface area contributed by atoms with Gasteiger partial charge in [-0.15, -0.1) is 0 Å². The maximum Gasteiger partial charge on any atom is 0.407 e. The Bertz CT molecular complexity index is 893. The highest BCUT2D eigenvalue weighted by atomic mass is 79.9. The second kappa shape index (κ2) is 6.80. The van der Waals surface area contributed by atoms with E-state index in [1.807, 2.05) is 0 Å². The number of benzene rings is 1. The molecule has 0 aliphatic heterocycles. The van der Waals surface area contributed by atoms with Gasteiger partial charge in [0.15, 0.2) is 0 Å². The molecule has 0 fully saturated rings. The van der Waals surface area contributed by atoms with Crippen LogP contribution in [0.3, 0.4) is 0 Å². The van der Waals surface area contributed by atoms with Gasteiger partial charge in [0.2, 0.25) is 0 Å². The third kappa shape index (κ3) is 4.05. The van der Waals surface area contributed by atoms with Crippen molar-refractivity contribution in [2.75, 3.05) is 6.54 Å². The number of carbonyl (C=O) groups excluding carboxylic acids is 1. The number of ether oxygens (including phenoxy) is 1. The molecule has 0 aliphatic rings. The fourth-order valence-electron chi connectivity index (χ4n) is 2.26. The molecule has 0 radical (unpaired) electrons. The Kier molecular flexibility index (Phi) is 5.17. The van der Waals surface area contributed by atoms with E-state index in [1.165, 1.54) is 4.57 Å². The van der Waals surface area contributed by atoms with Crippen LogP contribution >= 0.6 is 15.9 Å². The summed E-state index contributed by atoms with van der Waals surface area (Å²) in [4.78, 5) is 36.5. The Hall–Kier alpha value is -2.09. The maximum absolute atomic E-state index is 12.5. The fraction of sp³-hybridized carbons (Fsp3) is 0.438. The van der Waals surface area contributed by atoms with E-state index in [1.54, 1.807) is 46.0 Å².